The predicted molar refractivity (Wildman–Crippen MR) is 128 cm³/mol. The number of aromatic nitrogens is 2. The van der Waals surface area contributed by atoms with Crippen molar-refractivity contribution in [2.24, 2.45) is 0 Å². The summed E-state index contributed by atoms with van der Waals surface area (Å²) in [4.78, 5) is 12.5. The second kappa shape index (κ2) is 9.38. The van der Waals surface area contributed by atoms with Crippen LogP contribution in [0.1, 0.15) is 4.88 Å². The Labute approximate surface area is 194 Å². The Morgan fingerprint density at radius 3 is 2.75 bits per heavy atom. The predicted octanol–water partition coefficient (Wildman–Crippen LogP) is 5.42. The van der Waals surface area contributed by atoms with E-state index in [9.17, 15) is 4.39 Å². The van der Waals surface area contributed by atoms with Gasteiger partial charge in [-0.25, -0.2) is 14.4 Å². The number of hydrogen-bond donors (Lipinski definition) is 2. The van der Waals surface area contributed by atoms with Crippen LogP contribution < -0.4 is 10.9 Å². The van der Waals surface area contributed by atoms with Crippen molar-refractivity contribution in [3.05, 3.63) is 69.9 Å². The summed E-state index contributed by atoms with van der Waals surface area (Å²) in [5.74, 6) is 0.166. The van der Waals surface area contributed by atoms with E-state index < -0.39 is 5.82 Å². The van der Waals surface area contributed by atoms with Gasteiger partial charge in [0.1, 0.15) is 12.1 Å². The molecule has 4 aromatic rings. The van der Waals surface area contributed by atoms with E-state index in [1.807, 2.05) is 6.07 Å². The molecular formula is C23H21ClFN5OS. The highest BCUT2D eigenvalue weighted by Gasteiger charge is 2.13. The third-order valence-corrected chi connectivity index (χ3v) is 6.56. The molecule has 1 saturated heterocycles. The van der Waals surface area contributed by atoms with Crippen LogP contribution in [0.5, 0.6) is 0 Å². The van der Waals surface area contributed by atoms with Crippen LogP contribution in [0.2, 0.25) is 5.02 Å². The number of hydrazine groups is 1. The zero-order chi connectivity index (χ0) is 21.9. The van der Waals surface area contributed by atoms with Gasteiger partial charge in [0.2, 0.25) is 0 Å². The van der Waals surface area contributed by atoms with Crippen LogP contribution >= 0.6 is 22.9 Å². The molecule has 1 aliphatic rings. The van der Waals surface area contributed by atoms with Gasteiger partial charge in [-0.2, -0.15) is 0 Å². The zero-order valence-corrected chi connectivity index (χ0v) is 18.7. The van der Waals surface area contributed by atoms with E-state index in [0.717, 1.165) is 49.3 Å². The molecule has 1 fully saturated rings. The van der Waals surface area contributed by atoms with Crippen molar-refractivity contribution >= 4 is 45.3 Å². The lowest BCUT2D eigenvalue weighted by Crippen LogP contribution is -2.35. The van der Waals surface area contributed by atoms with Crippen molar-refractivity contribution in [1.82, 2.24) is 14.9 Å². The molecule has 0 radical (unpaired) electrons. The van der Waals surface area contributed by atoms with E-state index in [-0.39, 0.29) is 5.02 Å². The van der Waals surface area contributed by atoms with Gasteiger partial charge in [0.25, 0.3) is 0 Å². The Bertz CT molecular complexity index is 1240. The van der Waals surface area contributed by atoms with Gasteiger partial charge in [0.15, 0.2) is 5.82 Å². The molecule has 32 heavy (non-hydrogen) atoms. The average Bonchev–Trinajstić information content (AvgIpc) is 3.28. The van der Waals surface area contributed by atoms with Gasteiger partial charge in [-0.05, 0) is 52.9 Å². The minimum absolute atomic E-state index is 0.0535. The molecule has 9 heteroatoms. The highest BCUT2D eigenvalue weighted by molar-refractivity contribution is 7.10. The number of ether oxygens (including phenoxy) is 1. The number of morpholine rings is 1. The molecule has 2 aromatic heterocycles. The van der Waals surface area contributed by atoms with Crippen molar-refractivity contribution in [1.29, 1.82) is 0 Å². The fourth-order valence-corrected chi connectivity index (χ4v) is 4.75. The SMILES string of the molecule is Fc1ccc(NNc2ncnc3cc(-c4csc(CN5CCOCC5)c4)ccc23)cc1Cl. The molecule has 5 rings (SSSR count). The highest BCUT2D eigenvalue weighted by Crippen LogP contribution is 2.30. The van der Waals surface area contributed by atoms with E-state index in [2.05, 4.69) is 49.3 Å². The van der Waals surface area contributed by atoms with E-state index in [4.69, 9.17) is 16.3 Å². The molecule has 2 N–H and O–H groups in total. The highest BCUT2D eigenvalue weighted by atomic mass is 35.5. The fraction of sp³-hybridized carbons (Fsp3) is 0.217. The van der Waals surface area contributed by atoms with Crippen molar-refractivity contribution in [2.75, 3.05) is 37.2 Å². The van der Waals surface area contributed by atoms with Gasteiger partial charge in [0.05, 0.1) is 29.4 Å². The minimum atomic E-state index is -0.459. The van der Waals surface area contributed by atoms with Gasteiger partial charge in [-0.3, -0.25) is 15.8 Å². The van der Waals surface area contributed by atoms with Crippen LogP contribution in [0, 0.1) is 5.82 Å². The Balaban J connectivity index is 1.33. The summed E-state index contributed by atoms with van der Waals surface area (Å²) in [6.07, 6.45) is 1.52. The van der Waals surface area contributed by atoms with Crippen LogP contribution in [0.3, 0.4) is 0 Å². The molecule has 0 bridgehead atoms. The van der Waals surface area contributed by atoms with Crippen LogP contribution in [-0.2, 0) is 11.3 Å². The van der Waals surface area contributed by atoms with Gasteiger partial charge < -0.3 is 4.74 Å². The fourth-order valence-electron chi connectivity index (χ4n) is 3.64. The Kier molecular flexibility index (Phi) is 6.18. The van der Waals surface area contributed by atoms with Crippen LogP contribution in [-0.4, -0.2) is 41.2 Å². The lowest BCUT2D eigenvalue weighted by Gasteiger charge is -2.25. The molecule has 6 nitrogen and oxygen atoms in total. The number of benzene rings is 2. The monoisotopic (exact) mass is 469 g/mol. The third kappa shape index (κ3) is 4.68. The number of thiophene rings is 1. The zero-order valence-electron chi connectivity index (χ0n) is 17.1. The first-order chi connectivity index (χ1) is 15.7. The van der Waals surface area contributed by atoms with E-state index in [1.54, 1.807) is 17.4 Å². The molecule has 164 valence electrons. The molecule has 3 heterocycles. The number of hydrogen-bond acceptors (Lipinski definition) is 7. The summed E-state index contributed by atoms with van der Waals surface area (Å²) in [5, 5.41) is 3.12. The maximum absolute atomic E-state index is 13.4. The standard InChI is InChI=1S/C23H21ClFN5OS/c24-20-11-17(2-4-21(20)25)28-29-23-19-3-1-15(10-22(19)26-14-27-23)16-9-18(32-13-16)12-30-5-7-31-8-6-30/h1-4,9-11,13-14,28H,5-8,12H2,(H,26,27,29). The van der Waals surface area contributed by atoms with E-state index in [0.29, 0.717) is 11.5 Å². The first-order valence-electron chi connectivity index (χ1n) is 10.3. The van der Waals surface area contributed by atoms with E-state index >= 15 is 0 Å². The number of fused-ring (bicyclic) bond motifs is 1. The van der Waals surface area contributed by atoms with Crippen LogP contribution in [0.4, 0.5) is 15.9 Å². The smallest absolute Gasteiger partial charge is 0.155 e. The number of anilines is 2. The second-order valence-electron chi connectivity index (χ2n) is 7.52. The summed E-state index contributed by atoms with van der Waals surface area (Å²) in [7, 11) is 0. The summed E-state index contributed by atoms with van der Waals surface area (Å²) >= 11 is 7.63. The van der Waals surface area contributed by atoms with Crippen LogP contribution in [0.15, 0.2) is 54.2 Å². The second-order valence-corrected chi connectivity index (χ2v) is 8.93. The van der Waals surface area contributed by atoms with Gasteiger partial charge in [-0.1, -0.05) is 17.7 Å². The quantitative estimate of drug-likeness (QED) is 0.367. The molecule has 0 spiro atoms. The number of rotatable bonds is 6. The number of halogens is 2. The molecule has 0 saturated carbocycles. The Morgan fingerprint density at radius 2 is 1.91 bits per heavy atom. The topological polar surface area (TPSA) is 62.3 Å². The maximum atomic E-state index is 13.4. The lowest BCUT2D eigenvalue weighted by molar-refractivity contribution is 0.0346. The van der Waals surface area contributed by atoms with E-state index in [1.165, 1.54) is 28.9 Å². The number of nitrogens with zero attached hydrogens (tertiary/aromatic N) is 3. The Morgan fingerprint density at radius 1 is 1.03 bits per heavy atom. The first-order valence-corrected chi connectivity index (χ1v) is 11.5. The normalized spacial score (nSPS) is 14.6. The van der Waals surface area contributed by atoms with Crippen molar-refractivity contribution in [3.8, 4) is 11.1 Å². The molecular weight excluding hydrogens is 449 g/mol. The maximum Gasteiger partial charge on any atom is 0.155 e. The molecule has 1 aliphatic heterocycles. The minimum Gasteiger partial charge on any atom is -0.379 e. The van der Waals surface area contributed by atoms with Gasteiger partial charge >= 0.3 is 0 Å². The van der Waals surface area contributed by atoms with Crippen molar-refractivity contribution in [2.45, 2.75) is 6.54 Å². The molecule has 0 aliphatic carbocycles. The number of nitrogens with one attached hydrogen (secondary N) is 2. The summed E-state index contributed by atoms with van der Waals surface area (Å²) in [6.45, 7) is 4.53. The summed E-state index contributed by atoms with van der Waals surface area (Å²) in [6, 6.07) is 12.8. The van der Waals surface area contributed by atoms with Gasteiger partial charge in [-0.15, -0.1) is 11.3 Å². The Hall–Kier alpha value is -2.78. The average molecular weight is 470 g/mol. The van der Waals surface area contributed by atoms with Crippen molar-refractivity contribution < 1.29 is 9.13 Å². The molecule has 2 aromatic carbocycles. The lowest BCUT2D eigenvalue weighted by atomic mass is 10.1. The summed E-state index contributed by atoms with van der Waals surface area (Å²) < 4.78 is 18.8. The molecule has 0 amide bonds. The van der Waals surface area contributed by atoms with Crippen LogP contribution in [0.25, 0.3) is 22.0 Å². The molecule has 0 atom stereocenters. The molecule has 0 unspecified atom stereocenters. The third-order valence-electron chi connectivity index (χ3n) is 5.35. The van der Waals surface area contributed by atoms with Gasteiger partial charge in [0, 0.05) is 29.9 Å². The van der Waals surface area contributed by atoms with Crippen molar-refractivity contribution in [3.63, 3.8) is 0 Å². The summed E-state index contributed by atoms with van der Waals surface area (Å²) in [5.41, 5.74) is 9.84. The first kappa shape index (κ1) is 21.1. The largest absolute Gasteiger partial charge is 0.379 e.